The van der Waals surface area contributed by atoms with Crippen molar-refractivity contribution in [3.05, 3.63) is 42.2 Å². The number of benzene rings is 1. The first kappa shape index (κ1) is 17.8. The summed E-state index contributed by atoms with van der Waals surface area (Å²) in [5.74, 6) is 2.19. The summed E-state index contributed by atoms with van der Waals surface area (Å²) in [6.45, 7) is 5.88. The second-order valence-electron chi connectivity index (χ2n) is 7.49. The molecule has 27 heavy (non-hydrogen) atoms. The summed E-state index contributed by atoms with van der Waals surface area (Å²) in [6, 6.07) is 10.0. The molecule has 0 aliphatic carbocycles. The molecule has 2 aromatic rings. The summed E-state index contributed by atoms with van der Waals surface area (Å²) >= 11 is 0. The maximum Gasteiger partial charge on any atom is 0.227 e. The molecule has 3 heterocycles. The Labute approximate surface area is 160 Å². The van der Waals surface area contributed by atoms with Gasteiger partial charge in [0.15, 0.2) is 0 Å². The Morgan fingerprint density at radius 3 is 2.30 bits per heavy atom. The van der Waals surface area contributed by atoms with Gasteiger partial charge in [0.1, 0.15) is 18.0 Å². The number of amides is 1. The molecule has 1 aromatic carbocycles. The van der Waals surface area contributed by atoms with Gasteiger partial charge in [-0.2, -0.15) is 0 Å². The minimum atomic E-state index is 0.0562. The lowest BCUT2D eigenvalue weighted by Crippen LogP contribution is -2.38. The van der Waals surface area contributed by atoms with Gasteiger partial charge in [0.2, 0.25) is 5.91 Å². The van der Waals surface area contributed by atoms with Crippen molar-refractivity contribution < 1.29 is 4.79 Å². The van der Waals surface area contributed by atoms with E-state index in [1.165, 1.54) is 12.8 Å². The van der Waals surface area contributed by atoms with Gasteiger partial charge in [-0.3, -0.25) is 4.79 Å². The first-order chi connectivity index (χ1) is 13.2. The molecule has 2 saturated heterocycles. The van der Waals surface area contributed by atoms with Crippen LogP contribution in [0.15, 0.2) is 36.7 Å². The molecule has 2 aliphatic rings. The number of anilines is 3. The van der Waals surface area contributed by atoms with Gasteiger partial charge in [-0.15, -0.1) is 0 Å². The molecule has 0 saturated carbocycles. The van der Waals surface area contributed by atoms with Gasteiger partial charge < -0.3 is 15.1 Å². The number of piperidine rings is 1. The van der Waals surface area contributed by atoms with Gasteiger partial charge in [0.25, 0.3) is 0 Å². The van der Waals surface area contributed by atoms with Gasteiger partial charge >= 0.3 is 0 Å². The summed E-state index contributed by atoms with van der Waals surface area (Å²) in [5, 5.41) is 3.09. The molecule has 142 valence electrons. The van der Waals surface area contributed by atoms with Crippen molar-refractivity contribution in [2.45, 2.75) is 32.6 Å². The molecule has 1 aromatic heterocycles. The normalized spacial score (nSPS) is 18.0. The number of nitrogens with one attached hydrogen (secondary N) is 1. The highest BCUT2D eigenvalue weighted by atomic mass is 16.1. The molecule has 2 fully saturated rings. The molecule has 4 rings (SSSR count). The zero-order valence-corrected chi connectivity index (χ0v) is 15.9. The van der Waals surface area contributed by atoms with E-state index in [4.69, 9.17) is 0 Å². The van der Waals surface area contributed by atoms with Crippen LogP contribution in [0.1, 0.15) is 31.2 Å². The third kappa shape index (κ3) is 4.04. The fourth-order valence-corrected chi connectivity index (χ4v) is 3.95. The van der Waals surface area contributed by atoms with E-state index in [0.717, 1.165) is 61.9 Å². The fraction of sp³-hybridized carbons (Fsp3) is 0.476. The summed E-state index contributed by atoms with van der Waals surface area (Å²) in [6.07, 6.45) is 5.84. The second-order valence-corrected chi connectivity index (χ2v) is 7.49. The maximum atomic E-state index is 12.6. The van der Waals surface area contributed by atoms with Crippen LogP contribution in [0, 0.1) is 12.8 Å². The number of hydrogen-bond acceptors (Lipinski definition) is 5. The van der Waals surface area contributed by atoms with E-state index in [-0.39, 0.29) is 11.8 Å². The molecule has 6 heteroatoms. The molecular weight excluding hydrogens is 338 g/mol. The van der Waals surface area contributed by atoms with Gasteiger partial charge in [-0.05, 0) is 44.2 Å². The maximum absolute atomic E-state index is 12.6. The van der Waals surface area contributed by atoms with Gasteiger partial charge in [0, 0.05) is 43.9 Å². The zero-order valence-electron chi connectivity index (χ0n) is 15.9. The largest absolute Gasteiger partial charge is 0.356 e. The smallest absolute Gasteiger partial charge is 0.227 e. The van der Waals surface area contributed by atoms with Crippen LogP contribution in [0.2, 0.25) is 0 Å². The molecular formula is C21H27N5O. The molecule has 0 atom stereocenters. The lowest BCUT2D eigenvalue weighted by molar-refractivity contribution is -0.120. The third-order valence-electron chi connectivity index (χ3n) is 5.66. The summed E-state index contributed by atoms with van der Waals surface area (Å²) < 4.78 is 0. The van der Waals surface area contributed by atoms with Crippen LogP contribution in [0.5, 0.6) is 0 Å². The molecule has 0 unspecified atom stereocenters. The van der Waals surface area contributed by atoms with Gasteiger partial charge in [-0.25, -0.2) is 9.97 Å². The number of carbonyl (C=O) groups is 1. The lowest BCUT2D eigenvalue weighted by atomic mass is 9.95. The minimum Gasteiger partial charge on any atom is -0.356 e. The average Bonchev–Trinajstić information content (AvgIpc) is 3.25. The Bertz CT molecular complexity index is 795. The molecule has 0 radical (unpaired) electrons. The average molecular weight is 365 g/mol. The quantitative estimate of drug-likeness (QED) is 0.901. The Hall–Kier alpha value is -2.63. The highest BCUT2D eigenvalue weighted by Crippen LogP contribution is 2.26. The molecule has 0 spiro atoms. The summed E-state index contributed by atoms with van der Waals surface area (Å²) in [5.41, 5.74) is 2.01. The van der Waals surface area contributed by atoms with Crippen molar-refractivity contribution in [2.24, 2.45) is 5.92 Å². The van der Waals surface area contributed by atoms with Crippen molar-refractivity contribution in [1.82, 2.24) is 9.97 Å². The van der Waals surface area contributed by atoms with Crippen molar-refractivity contribution in [1.29, 1.82) is 0 Å². The second kappa shape index (κ2) is 7.94. The summed E-state index contributed by atoms with van der Waals surface area (Å²) in [7, 11) is 0. The van der Waals surface area contributed by atoms with E-state index in [1.54, 1.807) is 6.33 Å². The topological polar surface area (TPSA) is 61.4 Å². The Balaban J connectivity index is 1.35. The highest BCUT2D eigenvalue weighted by Gasteiger charge is 2.26. The van der Waals surface area contributed by atoms with Crippen molar-refractivity contribution in [3.8, 4) is 0 Å². The van der Waals surface area contributed by atoms with E-state index in [1.807, 2.05) is 31.2 Å². The van der Waals surface area contributed by atoms with Crippen LogP contribution in [-0.4, -0.2) is 42.1 Å². The van der Waals surface area contributed by atoms with Crippen molar-refractivity contribution in [2.75, 3.05) is 41.3 Å². The molecule has 2 aliphatic heterocycles. The first-order valence-corrected chi connectivity index (χ1v) is 9.89. The zero-order chi connectivity index (χ0) is 18.6. The number of hydrogen-bond donors (Lipinski definition) is 1. The number of nitrogens with zero attached hydrogens (tertiary/aromatic N) is 4. The van der Waals surface area contributed by atoms with Crippen molar-refractivity contribution in [3.63, 3.8) is 0 Å². The monoisotopic (exact) mass is 365 g/mol. The number of carbonyl (C=O) groups excluding carboxylic acids is 1. The fourth-order valence-electron chi connectivity index (χ4n) is 3.95. The molecule has 1 amide bonds. The van der Waals surface area contributed by atoms with Crippen LogP contribution < -0.4 is 15.1 Å². The lowest BCUT2D eigenvalue weighted by Gasteiger charge is -2.32. The van der Waals surface area contributed by atoms with Crippen LogP contribution in [0.3, 0.4) is 0 Å². The number of para-hydroxylation sites is 1. The minimum absolute atomic E-state index is 0.0562. The summed E-state index contributed by atoms with van der Waals surface area (Å²) in [4.78, 5) is 26.1. The predicted octanol–water partition coefficient (Wildman–Crippen LogP) is 3.24. The SMILES string of the molecule is Cc1ccccc1NC(=O)C1CCN(c2cc(N3CCCC3)ncn2)CC1. The number of aromatic nitrogens is 2. The highest BCUT2D eigenvalue weighted by molar-refractivity contribution is 5.93. The standard InChI is InChI=1S/C21H27N5O/c1-16-6-2-3-7-18(16)24-21(27)17-8-12-26(13-9-17)20-14-19(22-15-23-20)25-10-4-5-11-25/h2-3,6-7,14-15,17H,4-5,8-13H2,1H3,(H,24,27). The van der Waals surface area contributed by atoms with E-state index >= 15 is 0 Å². The van der Waals surface area contributed by atoms with Crippen LogP contribution in [0.4, 0.5) is 17.3 Å². The van der Waals surface area contributed by atoms with E-state index in [2.05, 4.69) is 31.2 Å². The molecule has 6 nitrogen and oxygen atoms in total. The van der Waals surface area contributed by atoms with E-state index < -0.39 is 0 Å². The number of rotatable bonds is 4. The Morgan fingerprint density at radius 1 is 1.00 bits per heavy atom. The molecule has 1 N–H and O–H groups in total. The number of aryl methyl sites for hydroxylation is 1. The van der Waals surface area contributed by atoms with E-state index in [9.17, 15) is 4.79 Å². The first-order valence-electron chi connectivity index (χ1n) is 9.89. The van der Waals surface area contributed by atoms with E-state index in [0.29, 0.717) is 0 Å². The Kier molecular flexibility index (Phi) is 5.23. The van der Waals surface area contributed by atoms with Crippen LogP contribution in [-0.2, 0) is 4.79 Å². The predicted molar refractivity (Wildman–Crippen MR) is 108 cm³/mol. The molecule has 0 bridgehead atoms. The van der Waals surface area contributed by atoms with Crippen LogP contribution in [0.25, 0.3) is 0 Å². The van der Waals surface area contributed by atoms with Gasteiger partial charge in [0.05, 0.1) is 0 Å². The Morgan fingerprint density at radius 2 is 1.63 bits per heavy atom. The van der Waals surface area contributed by atoms with Crippen LogP contribution >= 0.6 is 0 Å². The van der Waals surface area contributed by atoms with Gasteiger partial charge in [-0.1, -0.05) is 18.2 Å². The third-order valence-corrected chi connectivity index (χ3v) is 5.66. The van der Waals surface area contributed by atoms with Crippen molar-refractivity contribution >= 4 is 23.2 Å².